The topological polar surface area (TPSA) is 96.7 Å². The summed E-state index contributed by atoms with van der Waals surface area (Å²) in [5.41, 5.74) is 2.76. The summed E-state index contributed by atoms with van der Waals surface area (Å²) < 4.78 is 45.3. The molecule has 1 saturated heterocycles. The number of benzene rings is 2. The van der Waals surface area contributed by atoms with Gasteiger partial charge in [-0.15, -0.1) is 0 Å². The summed E-state index contributed by atoms with van der Waals surface area (Å²) >= 11 is 6.09. The van der Waals surface area contributed by atoms with Crippen molar-refractivity contribution in [1.82, 2.24) is 19.8 Å². The van der Waals surface area contributed by atoms with Crippen LogP contribution in [0, 0.1) is 0 Å². The number of aliphatic hydroxyl groups excluding tert-OH is 1. The lowest BCUT2D eigenvalue weighted by atomic mass is 10.0. The number of aryl methyl sites for hydroxylation is 1. The van der Waals surface area contributed by atoms with E-state index in [9.17, 15) is 27.9 Å². The van der Waals surface area contributed by atoms with Crippen LogP contribution in [-0.2, 0) is 18.3 Å². The third kappa shape index (κ3) is 7.43. The molecule has 3 unspecified atom stereocenters. The van der Waals surface area contributed by atoms with Crippen molar-refractivity contribution < 1.29 is 32.6 Å². The van der Waals surface area contributed by atoms with Crippen LogP contribution >= 0.6 is 11.6 Å². The van der Waals surface area contributed by atoms with Crippen LogP contribution < -0.4 is 10.1 Å². The highest BCUT2D eigenvalue weighted by Crippen LogP contribution is 2.31. The van der Waals surface area contributed by atoms with Gasteiger partial charge in [0, 0.05) is 50.0 Å². The Morgan fingerprint density at radius 1 is 1.19 bits per heavy atom. The van der Waals surface area contributed by atoms with Crippen LogP contribution in [0.3, 0.4) is 0 Å². The second-order valence-corrected chi connectivity index (χ2v) is 10.9. The largest absolute Gasteiger partial charge is 0.480 e. The molecule has 1 aliphatic rings. The molecule has 1 aliphatic heterocycles. The lowest BCUT2D eigenvalue weighted by Crippen LogP contribution is -2.37. The molecule has 42 heavy (non-hydrogen) atoms. The molecular formula is C30H34ClF3N4O4. The maximum Gasteiger partial charge on any atom is 0.425 e. The molecule has 0 saturated carbocycles. The van der Waals surface area contributed by atoms with Gasteiger partial charge in [0.15, 0.2) is 6.10 Å². The molecule has 2 aromatic carbocycles. The van der Waals surface area contributed by atoms with Gasteiger partial charge in [-0.1, -0.05) is 35.9 Å². The van der Waals surface area contributed by atoms with Gasteiger partial charge in [-0.2, -0.15) is 13.2 Å². The number of alkyl halides is 3. The number of amides is 2. The average molecular weight is 607 g/mol. The molecule has 3 atom stereocenters. The molecule has 0 bridgehead atoms. The van der Waals surface area contributed by atoms with Crippen molar-refractivity contribution in [2.45, 2.75) is 63.9 Å². The van der Waals surface area contributed by atoms with Crippen molar-refractivity contribution in [3.8, 4) is 17.0 Å². The summed E-state index contributed by atoms with van der Waals surface area (Å²) in [6, 6.07) is 11.0. The maximum absolute atomic E-state index is 12.9. The van der Waals surface area contributed by atoms with Crippen LogP contribution in [0.4, 0.5) is 13.2 Å². The zero-order valence-corrected chi connectivity index (χ0v) is 24.4. The predicted octanol–water partition coefficient (Wildman–Crippen LogP) is 5.48. The molecule has 12 heteroatoms. The molecule has 1 aromatic heterocycles. The molecular weight excluding hydrogens is 573 g/mol. The van der Waals surface area contributed by atoms with Crippen LogP contribution in [0.25, 0.3) is 11.3 Å². The van der Waals surface area contributed by atoms with Gasteiger partial charge in [0.25, 0.3) is 5.91 Å². The Labute approximate surface area is 247 Å². The minimum absolute atomic E-state index is 0.118. The van der Waals surface area contributed by atoms with E-state index in [0.717, 1.165) is 42.5 Å². The average Bonchev–Trinajstić information content (AvgIpc) is 3.54. The maximum atomic E-state index is 12.9. The van der Waals surface area contributed by atoms with E-state index >= 15 is 0 Å². The SMILES string of the molecule is CC(c1nc(-c2ccc(CC(CCO)NC(=O)c3ccc(OC(C)C(F)(F)F)c(Cl)c3)cc2)cn1C)N1CCCC1=O. The molecule has 0 spiro atoms. The highest BCUT2D eigenvalue weighted by molar-refractivity contribution is 6.32. The van der Waals surface area contributed by atoms with E-state index < -0.39 is 24.2 Å². The van der Waals surface area contributed by atoms with Crippen LogP contribution in [0.2, 0.25) is 5.02 Å². The first-order valence-electron chi connectivity index (χ1n) is 13.7. The van der Waals surface area contributed by atoms with Crippen LogP contribution in [0.5, 0.6) is 5.75 Å². The number of imidazole rings is 1. The summed E-state index contributed by atoms with van der Waals surface area (Å²) in [4.78, 5) is 31.7. The van der Waals surface area contributed by atoms with E-state index in [1.54, 1.807) is 0 Å². The molecule has 4 rings (SSSR count). The first-order chi connectivity index (χ1) is 19.9. The number of rotatable bonds is 11. The Balaban J connectivity index is 1.40. The van der Waals surface area contributed by atoms with Gasteiger partial charge in [-0.05, 0) is 56.9 Å². The molecule has 2 heterocycles. The Kier molecular flexibility index (Phi) is 9.83. The number of carbonyl (C=O) groups excluding carboxylic acids is 2. The number of nitrogens with zero attached hydrogens (tertiary/aromatic N) is 3. The Bertz CT molecular complexity index is 1410. The zero-order valence-electron chi connectivity index (χ0n) is 23.6. The van der Waals surface area contributed by atoms with Crippen LogP contribution in [0.15, 0.2) is 48.7 Å². The Hall–Kier alpha value is -3.57. The third-order valence-corrected chi connectivity index (χ3v) is 7.66. The summed E-state index contributed by atoms with van der Waals surface area (Å²) in [5, 5.41) is 12.3. The summed E-state index contributed by atoms with van der Waals surface area (Å²) in [7, 11) is 1.91. The van der Waals surface area contributed by atoms with E-state index in [-0.39, 0.29) is 34.9 Å². The van der Waals surface area contributed by atoms with Crippen molar-refractivity contribution in [2.24, 2.45) is 7.05 Å². The summed E-state index contributed by atoms with van der Waals surface area (Å²) in [6.45, 7) is 3.44. The van der Waals surface area contributed by atoms with E-state index in [0.29, 0.717) is 19.3 Å². The monoisotopic (exact) mass is 606 g/mol. The summed E-state index contributed by atoms with van der Waals surface area (Å²) in [6.07, 6.45) is -2.52. The van der Waals surface area contributed by atoms with Gasteiger partial charge >= 0.3 is 6.18 Å². The van der Waals surface area contributed by atoms with Crippen molar-refractivity contribution in [3.05, 3.63) is 70.6 Å². The number of carbonyl (C=O) groups is 2. The van der Waals surface area contributed by atoms with Crippen molar-refractivity contribution >= 4 is 23.4 Å². The second-order valence-electron chi connectivity index (χ2n) is 10.5. The molecule has 3 aromatic rings. The fraction of sp³-hybridized carbons (Fsp3) is 0.433. The highest BCUT2D eigenvalue weighted by Gasteiger charge is 2.38. The van der Waals surface area contributed by atoms with Crippen molar-refractivity contribution in [3.63, 3.8) is 0 Å². The molecule has 1 fully saturated rings. The lowest BCUT2D eigenvalue weighted by Gasteiger charge is -2.23. The summed E-state index contributed by atoms with van der Waals surface area (Å²) in [5.74, 6) is 0.299. The standard InChI is InChI=1S/C30H34ClF3N4O4/c1-18(38-13-4-5-27(38)40)28-36-25(17-37(28)3)21-8-6-20(7-9-21)15-23(12-14-39)35-29(41)22-10-11-26(24(31)16-22)42-19(2)30(32,33)34/h6-11,16-19,23,39H,4-5,12-15H2,1-3H3,(H,35,41). The molecule has 2 N–H and O–H groups in total. The van der Waals surface area contributed by atoms with Crippen molar-refractivity contribution in [1.29, 1.82) is 0 Å². The number of ether oxygens (including phenoxy) is 1. The fourth-order valence-corrected chi connectivity index (χ4v) is 5.19. The molecule has 2 amide bonds. The third-order valence-electron chi connectivity index (χ3n) is 7.37. The van der Waals surface area contributed by atoms with Crippen molar-refractivity contribution in [2.75, 3.05) is 13.2 Å². The van der Waals surface area contributed by atoms with E-state index in [1.807, 2.05) is 53.9 Å². The smallest absolute Gasteiger partial charge is 0.425 e. The van der Waals surface area contributed by atoms with Crippen LogP contribution in [0.1, 0.15) is 60.9 Å². The molecule has 8 nitrogen and oxygen atoms in total. The van der Waals surface area contributed by atoms with Gasteiger partial charge in [-0.3, -0.25) is 9.59 Å². The predicted molar refractivity (Wildman–Crippen MR) is 152 cm³/mol. The number of aromatic nitrogens is 2. The number of hydrogen-bond donors (Lipinski definition) is 2. The molecule has 0 radical (unpaired) electrons. The normalized spacial score (nSPS) is 15.9. The van der Waals surface area contributed by atoms with Gasteiger partial charge in [0.05, 0.1) is 16.8 Å². The quantitative estimate of drug-likeness (QED) is 0.301. The minimum atomic E-state index is -4.55. The fourth-order valence-electron chi connectivity index (χ4n) is 4.97. The van der Waals surface area contributed by atoms with Gasteiger partial charge in [0.2, 0.25) is 5.91 Å². The lowest BCUT2D eigenvalue weighted by molar-refractivity contribution is -0.189. The van der Waals surface area contributed by atoms with E-state index in [1.165, 1.54) is 18.2 Å². The molecule has 0 aliphatic carbocycles. The first-order valence-corrected chi connectivity index (χ1v) is 14.1. The zero-order chi connectivity index (χ0) is 30.6. The number of halogens is 4. The van der Waals surface area contributed by atoms with Crippen LogP contribution in [-0.4, -0.2) is 62.8 Å². The minimum Gasteiger partial charge on any atom is -0.480 e. The Morgan fingerprint density at radius 3 is 2.50 bits per heavy atom. The number of hydrogen-bond acceptors (Lipinski definition) is 5. The molecule has 226 valence electrons. The van der Waals surface area contributed by atoms with E-state index in [2.05, 4.69) is 5.32 Å². The number of likely N-dealkylation sites (tertiary alicyclic amines) is 1. The van der Waals surface area contributed by atoms with Gasteiger partial charge in [0.1, 0.15) is 11.6 Å². The number of nitrogens with one attached hydrogen (secondary N) is 1. The Morgan fingerprint density at radius 2 is 1.90 bits per heavy atom. The van der Waals surface area contributed by atoms with Gasteiger partial charge < -0.3 is 24.6 Å². The number of aliphatic hydroxyl groups is 1. The van der Waals surface area contributed by atoms with E-state index in [4.69, 9.17) is 21.3 Å². The first kappa shape index (κ1) is 31.4. The van der Waals surface area contributed by atoms with Gasteiger partial charge in [-0.25, -0.2) is 4.98 Å². The second kappa shape index (κ2) is 13.2. The highest BCUT2D eigenvalue weighted by atomic mass is 35.5.